The summed E-state index contributed by atoms with van der Waals surface area (Å²) in [5, 5.41) is 6.87. The normalized spacial score (nSPS) is 10.6. The topological polar surface area (TPSA) is 66.9 Å². The van der Waals surface area contributed by atoms with Crippen LogP contribution in [0.3, 0.4) is 0 Å². The molecule has 0 spiro atoms. The van der Waals surface area contributed by atoms with Crippen LogP contribution >= 0.6 is 11.6 Å². The van der Waals surface area contributed by atoms with Crippen molar-refractivity contribution in [1.82, 2.24) is 9.97 Å². The summed E-state index contributed by atoms with van der Waals surface area (Å²) in [4.78, 5) is 21.5. The van der Waals surface area contributed by atoms with Gasteiger partial charge in [-0.2, -0.15) is 0 Å². The van der Waals surface area contributed by atoms with Crippen molar-refractivity contribution in [1.29, 1.82) is 0 Å². The summed E-state index contributed by atoms with van der Waals surface area (Å²) in [6, 6.07) is 15.3. The van der Waals surface area contributed by atoms with Gasteiger partial charge in [-0.15, -0.1) is 0 Å². The van der Waals surface area contributed by atoms with Crippen molar-refractivity contribution in [3.63, 3.8) is 0 Å². The molecular weight excluding hydrogens is 372 g/mol. The van der Waals surface area contributed by atoms with E-state index in [-0.39, 0.29) is 5.91 Å². The van der Waals surface area contributed by atoms with Crippen LogP contribution < -0.4 is 10.6 Å². The smallest absolute Gasteiger partial charge is 0.274 e. The summed E-state index contributed by atoms with van der Waals surface area (Å²) < 4.78 is 0. The lowest BCUT2D eigenvalue weighted by Gasteiger charge is -2.12. The van der Waals surface area contributed by atoms with Gasteiger partial charge < -0.3 is 10.6 Å². The molecule has 0 saturated heterocycles. The number of halogens is 1. The second kappa shape index (κ2) is 8.85. The number of aryl methyl sites for hydroxylation is 3. The minimum Gasteiger partial charge on any atom is -0.354 e. The molecule has 6 heteroatoms. The molecule has 5 nitrogen and oxygen atoms in total. The van der Waals surface area contributed by atoms with Crippen LogP contribution in [0.1, 0.15) is 32.9 Å². The highest BCUT2D eigenvalue weighted by Crippen LogP contribution is 2.20. The molecule has 144 valence electrons. The van der Waals surface area contributed by atoms with E-state index in [4.69, 9.17) is 11.6 Å². The maximum Gasteiger partial charge on any atom is 0.274 e. The Morgan fingerprint density at radius 2 is 1.71 bits per heavy atom. The van der Waals surface area contributed by atoms with E-state index in [1.54, 1.807) is 6.07 Å². The van der Waals surface area contributed by atoms with Gasteiger partial charge in [0.1, 0.15) is 5.69 Å². The van der Waals surface area contributed by atoms with Gasteiger partial charge in [0.15, 0.2) is 0 Å². The van der Waals surface area contributed by atoms with E-state index in [0.717, 1.165) is 39.5 Å². The summed E-state index contributed by atoms with van der Waals surface area (Å²) in [7, 11) is 0. The van der Waals surface area contributed by atoms with Crippen molar-refractivity contribution in [2.45, 2.75) is 27.2 Å². The lowest BCUT2D eigenvalue weighted by atomic mass is 10.1. The quantitative estimate of drug-likeness (QED) is 0.619. The van der Waals surface area contributed by atoms with Crippen LogP contribution in [-0.2, 0) is 6.42 Å². The highest BCUT2D eigenvalue weighted by Gasteiger charge is 2.13. The molecule has 0 fully saturated rings. The number of benzene rings is 2. The number of rotatable bonds is 6. The van der Waals surface area contributed by atoms with Crippen molar-refractivity contribution in [2.24, 2.45) is 0 Å². The van der Waals surface area contributed by atoms with Crippen molar-refractivity contribution in [3.8, 4) is 0 Å². The third-order valence-corrected chi connectivity index (χ3v) is 4.63. The molecule has 0 aliphatic rings. The molecule has 1 heterocycles. The largest absolute Gasteiger partial charge is 0.354 e. The summed E-state index contributed by atoms with van der Waals surface area (Å²) in [6.07, 6.45) is 0.780. The summed E-state index contributed by atoms with van der Waals surface area (Å²) in [5.74, 6) is 0.189. The fourth-order valence-electron chi connectivity index (χ4n) is 2.96. The molecule has 0 aliphatic carbocycles. The van der Waals surface area contributed by atoms with Gasteiger partial charge in [-0.25, -0.2) is 9.97 Å². The molecule has 28 heavy (non-hydrogen) atoms. The second-order valence-electron chi connectivity index (χ2n) is 6.75. The molecule has 2 aromatic carbocycles. The molecule has 0 atom stereocenters. The number of carbonyl (C=O) groups is 1. The maximum atomic E-state index is 12.7. The minimum atomic E-state index is -0.249. The first-order chi connectivity index (χ1) is 13.4. The van der Waals surface area contributed by atoms with Crippen molar-refractivity contribution in [2.75, 3.05) is 17.2 Å². The third kappa shape index (κ3) is 5.08. The average Bonchev–Trinajstić information content (AvgIpc) is 2.64. The highest BCUT2D eigenvalue weighted by atomic mass is 35.5. The Morgan fingerprint density at radius 3 is 2.43 bits per heavy atom. The van der Waals surface area contributed by atoms with E-state index < -0.39 is 0 Å². The van der Waals surface area contributed by atoms with Gasteiger partial charge in [-0.05, 0) is 62.1 Å². The Kier molecular flexibility index (Phi) is 6.26. The minimum absolute atomic E-state index is 0.249. The molecule has 0 aliphatic heterocycles. The lowest BCUT2D eigenvalue weighted by Crippen LogP contribution is -2.18. The lowest BCUT2D eigenvalue weighted by molar-refractivity contribution is 0.102. The Hall–Kier alpha value is -2.92. The Labute approximate surface area is 170 Å². The first kappa shape index (κ1) is 19.8. The summed E-state index contributed by atoms with van der Waals surface area (Å²) in [5.41, 5.74) is 5.03. The zero-order valence-electron chi connectivity index (χ0n) is 16.2. The fourth-order valence-corrected chi connectivity index (χ4v) is 3.18. The first-order valence-electron chi connectivity index (χ1n) is 9.14. The van der Waals surface area contributed by atoms with Crippen LogP contribution in [0.15, 0.2) is 48.5 Å². The van der Waals surface area contributed by atoms with Crippen LogP contribution in [-0.4, -0.2) is 22.4 Å². The average molecular weight is 395 g/mol. The maximum absolute atomic E-state index is 12.7. The fraction of sp³-hybridized carbons (Fsp3) is 0.227. The van der Waals surface area contributed by atoms with Gasteiger partial charge in [0, 0.05) is 22.9 Å². The van der Waals surface area contributed by atoms with Crippen LogP contribution in [0.5, 0.6) is 0 Å². The van der Waals surface area contributed by atoms with Crippen LogP contribution in [0, 0.1) is 20.8 Å². The van der Waals surface area contributed by atoms with Crippen LogP contribution in [0.2, 0.25) is 5.02 Å². The van der Waals surface area contributed by atoms with Crippen LogP contribution in [0.25, 0.3) is 0 Å². The zero-order valence-corrected chi connectivity index (χ0v) is 17.0. The number of hydrogen-bond donors (Lipinski definition) is 2. The van der Waals surface area contributed by atoms with Gasteiger partial charge in [-0.1, -0.05) is 41.9 Å². The summed E-state index contributed by atoms with van der Waals surface area (Å²) in [6.45, 7) is 6.43. The Bertz CT molecular complexity index is 983. The molecule has 1 amide bonds. The number of carbonyl (C=O) groups excluding carboxylic acids is 1. The monoisotopic (exact) mass is 394 g/mol. The number of anilines is 2. The number of hydrogen-bond acceptors (Lipinski definition) is 4. The van der Waals surface area contributed by atoms with Crippen molar-refractivity contribution < 1.29 is 4.79 Å². The van der Waals surface area contributed by atoms with Crippen LogP contribution in [0.4, 0.5) is 11.6 Å². The molecule has 1 aromatic heterocycles. The van der Waals surface area contributed by atoms with E-state index in [0.29, 0.717) is 18.2 Å². The van der Waals surface area contributed by atoms with E-state index >= 15 is 0 Å². The van der Waals surface area contributed by atoms with E-state index in [9.17, 15) is 4.79 Å². The number of para-hydroxylation sites is 1. The Morgan fingerprint density at radius 1 is 1.00 bits per heavy atom. The number of aromatic nitrogens is 2. The predicted octanol–water partition coefficient (Wildman–Crippen LogP) is 4.96. The van der Waals surface area contributed by atoms with Gasteiger partial charge in [0.25, 0.3) is 5.91 Å². The Balaban J connectivity index is 1.69. The van der Waals surface area contributed by atoms with Gasteiger partial charge in [0.05, 0.1) is 0 Å². The molecular formula is C22H23ClN4O. The first-order valence-corrected chi connectivity index (χ1v) is 9.52. The molecule has 3 aromatic rings. The van der Waals surface area contributed by atoms with E-state index in [2.05, 4.69) is 20.6 Å². The SMILES string of the molecule is Cc1cc(C(=O)Nc2c(C)cccc2C)nc(NCCc2cccc(Cl)c2)n1. The number of nitrogens with one attached hydrogen (secondary N) is 2. The van der Waals surface area contributed by atoms with Crippen molar-refractivity contribution >= 4 is 29.1 Å². The highest BCUT2D eigenvalue weighted by molar-refractivity contribution is 6.30. The van der Waals surface area contributed by atoms with Gasteiger partial charge in [0.2, 0.25) is 5.95 Å². The molecule has 3 rings (SSSR count). The second-order valence-corrected chi connectivity index (χ2v) is 7.18. The van der Waals surface area contributed by atoms with Gasteiger partial charge >= 0.3 is 0 Å². The molecule has 0 radical (unpaired) electrons. The van der Waals surface area contributed by atoms with E-state index in [1.165, 1.54) is 0 Å². The summed E-state index contributed by atoms with van der Waals surface area (Å²) >= 11 is 6.02. The number of amides is 1. The molecule has 0 saturated carbocycles. The molecule has 2 N–H and O–H groups in total. The standard InChI is InChI=1S/C22H23ClN4O/c1-14-6-4-7-15(2)20(14)27-21(28)19-12-16(3)25-22(26-19)24-11-10-17-8-5-9-18(23)13-17/h4-9,12-13H,10-11H2,1-3H3,(H,27,28)(H,24,25,26). The third-order valence-electron chi connectivity index (χ3n) is 4.39. The predicted molar refractivity (Wildman–Crippen MR) is 114 cm³/mol. The van der Waals surface area contributed by atoms with Crippen molar-refractivity contribution in [3.05, 3.63) is 81.6 Å². The molecule has 0 unspecified atom stereocenters. The zero-order chi connectivity index (χ0) is 20.1. The van der Waals surface area contributed by atoms with Gasteiger partial charge in [-0.3, -0.25) is 4.79 Å². The van der Waals surface area contributed by atoms with E-state index in [1.807, 2.05) is 63.2 Å². The number of nitrogens with zero attached hydrogens (tertiary/aromatic N) is 2. The molecule has 0 bridgehead atoms.